The molecule has 1 fully saturated rings. The maximum absolute atomic E-state index is 13.0. The SMILES string of the molecule is CC1CCC(NC(C)c2ccc(F)cc2Br)C1. The van der Waals surface area contributed by atoms with Crippen molar-refractivity contribution in [2.75, 3.05) is 0 Å². The molecular formula is C14H19BrFN. The lowest BCUT2D eigenvalue weighted by Crippen LogP contribution is -2.29. The van der Waals surface area contributed by atoms with Gasteiger partial charge in [0.2, 0.25) is 0 Å². The van der Waals surface area contributed by atoms with E-state index in [0.29, 0.717) is 6.04 Å². The van der Waals surface area contributed by atoms with Crippen molar-refractivity contribution in [2.24, 2.45) is 5.92 Å². The molecule has 1 nitrogen and oxygen atoms in total. The average molecular weight is 300 g/mol. The highest BCUT2D eigenvalue weighted by Gasteiger charge is 2.23. The second-order valence-corrected chi connectivity index (χ2v) is 6.02. The summed E-state index contributed by atoms with van der Waals surface area (Å²) in [6.45, 7) is 4.45. The molecule has 1 aromatic rings. The molecule has 1 aliphatic rings. The van der Waals surface area contributed by atoms with E-state index >= 15 is 0 Å². The van der Waals surface area contributed by atoms with E-state index in [-0.39, 0.29) is 11.9 Å². The minimum Gasteiger partial charge on any atom is -0.307 e. The summed E-state index contributed by atoms with van der Waals surface area (Å²) >= 11 is 3.43. The smallest absolute Gasteiger partial charge is 0.124 e. The molecule has 94 valence electrons. The fraction of sp³-hybridized carbons (Fsp3) is 0.571. The van der Waals surface area contributed by atoms with Gasteiger partial charge in [-0.15, -0.1) is 0 Å². The number of hydrogen-bond acceptors (Lipinski definition) is 1. The maximum Gasteiger partial charge on any atom is 0.124 e. The Morgan fingerprint density at radius 2 is 2.18 bits per heavy atom. The van der Waals surface area contributed by atoms with Gasteiger partial charge in [0, 0.05) is 16.6 Å². The van der Waals surface area contributed by atoms with Crippen LogP contribution in [0.1, 0.15) is 44.7 Å². The van der Waals surface area contributed by atoms with E-state index in [0.717, 1.165) is 16.0 Å². The third-order valence-electron chi connectivity index (χ3n) is 3.61. The van der Waals surface area contributed by atoms with Crippen LogP contribution < -0.4 is 5.32 Å². The van der Waals surface area contributed by atoms with E-state index < -0.39 is 0 Å². The Bertz CT molecular complexity index is 394. The molecule has 0 bridgehead atoms. The highest BCUT2D eigenvalue weighted by atomic mass is 79.9. The summed E-state index contributed by atoms with van der Waals surface area (Å²) in [5, 5.41) is 3.63. The van der Waals surface area contributed by atoms with Gasteiger partial charge in [0.15, 0.2) is 0 Å². The van der Waals surface area contributed by atoms with Crippen molar-refractivity contribution in [1.82, 2.24) is 5.32 Å². The predicted molar refractivity (Wildman–Crippen MR) is 72.5 cm³/mol. The number of nitrogens with one attached hydrogen (secondary N) is 1. The Morgan fingerprint density at radius 1 is 1.41 bits per heavy atom. The first-order valence-corrected chi connectivity index (χ1v) is 7.06. The molecule has 1 N–H and O–H groups in total. The molecule has 0 radical (unpaired) electrons. The van der Waals surface area contributed by atoms with Gasteiger partial charge in [-0.1, -0.05) is 28.9 Å². The molecule has 0 amide bonds. The van der Waals surface area contributed by atoms with Crippen LogP contribution in [0.25, 0.3) is 0 Å². The van der Waals surface area contributed by atoms with Crippen molar-refractivity contribution in [2.45, 2.75) is 45.2 Å². The van der Waals surface area contributed by atoms with Crippen LogP contribution in [0.15, 0.2) is 22.7 Å². The van der Waals surface area contributed by atoms with Crippen molar-refractivity contribution in [1.29, 1.82) is 0 Å². The average Bonchev–Trinajstić information content (AvgIpc) is 2.63. The Balaban J connectivity index is 2.01. The fourth-order valence-electron chi connectivity index (χ4n) is 2.65. The van der Waals surface area contributed by atoms with Crippen LogP contribution in [-0.4, -0.2) is 6.04 Å². The lowest BCUT2D eigenvalue weighted by atomic mass is 10.1. The van der Waals surface area contributed by atoms with Crippen LogP contribution in [0.3, 0.4) is 0 Å². The van der Waals surface area contributed by atoms with Crippen LogP contribution in [0.4, 0.5) is 4.39 Å². The molecule has 1 aliphatic carbocycles. The number of rotatable bonds is 3. The van der Waals surface area contributed by atoms with Gasteiger partial charge < -0.3 is 5.32 Å². The number of halogens is 2. The van der Waals surface area contributed by atoms with Gasteiger partial charge in [-0.05, 0) is 49.8 Å². The second-order valence-electron chi connectivity index (χ2n) is 5.17. The van der Waals surface area contributed by atoms with Crippen LogP contribution in [0, 0.1) is 11.7 Å². The van der Waals surface area contributed by atoms with Crippen molar-refractivity contribution < 1.29 is 4.39 Å². The van der Waals surface area contributed by atoms with Gasteiger partial charge in [-0.3, -0.25) is 0 Å². The zero-order valence-electron chi connectivity index (χ0n) is 10.3. The summed E-state index contributed by atoms with van der Waals surface area (Å²) in [6, 6.07) is 5.78. The molecule has 3 heteroatoms. The van der Waals surface area contributed by atoms with Gasteiger partial charge in [-0.25, -0.2) is 4.39 Å². The second kappa shape index (κ2) is 5.49. The van der Waals surface area contributed by atoms with Gasteiger partial charge in [0.1, 0.15) is 5.82 Å². The largest absolute Gasteiger partial charge is 0.307 e. The first-order chi connectivity index (χ1) is 8.06. The predicted octanol–water partition coefficient (Wildman–Crippen LogP) is 4.43. The van der Waals surface area contributed by atoms with Crippen molar-refractivity contribution in [3.63, 3.8) is 0 Å². The fourth-order valence-corrected chi connectivity index (χ4v) is 3.35. The standard InChI is InChI=1S/C14H19BrFN/c1-9-3-5-12(7-9)17-10(2)13-6-4-11(16)8-14(13)15/h4,6,8-10,12,17H,3,5,7H2,1-2H3. The van der Waals surface area contributed by atoms with Gasteiger partial charge >= 0.3 is 0 Å². The number of benzene rings is 1. The zero-order chi connectivity index (χ0) is 12.4. The Kier molecular flexibility index (Phi) is 4.21. The van der Waals surface area contributed by atoms with E-state index in [1.807, 2.05) is 6.07 Å². The first kappa shape index (κ1) is 13.0. The molecule has 0 aliphatic heterocycles. The van der Waals surface area contributed by atoms with Gasteiger partial charge in [0.25, 0.3) is 0 Å². The molecule has 3 atom stereocenters. The molecular weight excluding hydrogens is 281 g/mol. The summed E-state index contributed by atoms with van der Waals surface area (Å²) in [5.74, 6) is 0.638. The Labute approximate surface area is 111 Å². The highest BCUT2D eigenvalue weighted by molar-refractivity contribution is 9.10. The van der Waals surface area contributed by atoms with Crippen LogP contribution in [0.2, 0.25) is 0 Å². The van der Waals surface area contributed by atoms with Crippen molar-refractivity contribution in [3.05, 3.63) is 34.1 Å². The normalized spacial score (nSPS) is 26.1. The summed E-state index contributed by atoms with van der Waals surface area (Å²) in [6.07, 6.45) is 3.82. The molecule has 0 aromatic heterocycles. The summed E-state index contributed by atoms with van der Waals surface area (Å²) in [7, 11) is 0. The maximum atomic E-state index is 13.0. The molecule has 0 heterocycles. The minimum absolute atomic E-state index is 0.192. The third kappa shape index (κ3) is 3.29. The van der Waals surface area contributed by atoms with E-state index in [1.54, 1.807) is 0 Å². The topological polar surface area (TPSA) is 12.0 Å². The van der Waals surface area contributed by atoms with Crippen LogP contribution in [0.5, 0.6) is 0 Å². The third-order valence-corrected chi connectivity index (χ3v) is 4.30. The minimum atomic E-state index is -0.192. The Morgan fingerprint density at radius 3 is 2.76 bits per heavy atom. The van der Waals surface area contributed by atoms with Crippen molar-refractivity contribution in [3.8, 4) is 0 Å². The Hall–Kier alpha value is -0.410. The van der Waals surface area contributed by atoms with Crippen LogP contribution >= 0.6 is 15.9 Å². The summed E-state index contributed by atoms with van der Waals surface area (Å²) < 4.78 is 13.9. The highest BCUT2D eigenvalue weighted by Crippen LogP contribution is 2.29. The molecule has 0 spiro atoms. The molecule has 2 rings (SSSR count). The molecule has 1 aromatic carbocycles. The van der Waals surface area contributed by atoms with E-state index in [1.165, 1.54) is 31.4 Å². The number of hydrogen-bond donors (Lipinski definition) is 1. The summed E-state index contributed by atoms with van der Waals surface area (Å²) in [4.78, 5) is 0. The molecule has 0 saturated heterocycles. The van der Waals surface area contributed by atoms with E-state index in [9.17, 15) is 4.39 Å². The molecule has 3 unspecified atom stereocenters. The summed E-state index contributed by atoms with van der Waals surface area (Å²) in [5.41, 5.74) is 1.13. The van der Waals surface area contributed by atoms with Gasteiger partial charge in [-0.2, -0.15) is 0 Å². The lowest BCUT2D eigenvalue weighted by molar-refractivity contribution is 0.448. The van der Waals surface area contributed by atoms with Crippen molar-refractivity contribution >= 4 is 15.9 Å². The van der Waals surface area contributed by atoms with Crippen LogP contribution in [-0.2, 0) is 0 Å². The molecule has 1 saturated carbocycles. The molecule has 17 heavy (non-hydrogen) atoms. The first-order valence-electron chi connectivity index (χ1n) is 6.27. The zero-order valence-corrected chi connectivity index (χ0v) is 11.9. The van der Waals surface area contributed by atoms with Gasteiger partial charge in [0.05, 0.1) is 0 Å². The van der Waals surface area contributed by atoms with E-state index in [4.69, 9.17) is 0 Å². The van der Waals surface area contributed by atoms with E-state index in [2.05, 4.69) is 35.1 Å². The quantitative estimate of drug-likeness (QED) is 0.871. The monoisotopic (exact) mass is 299 g/mol. The lowest BCUT2D eigenvalue weighted by Gasteiger charge is -2.21.